The molecule has 2 heterocycles. The fourth-order valence-corrected chi connectivity index (χ4v) is 5.41. The number of fused-ring (bicyclic) bond motifs is 1. The van der Waals surface area contributed by atoms with E-state index in [9.17, 15) is 18.0 Å². The molecule has 180 valence electrons. The predicted molar refractivity (Wildman–Crippen MR) is 127 cm³/mol. The highest BCUT2D eigenvalue weighted by Gasteiger charge is 2.26. The minimum absolute atomic E-state index is 0.208. The Kier molecular flexibility index (Phi) is 7.30. The van der Waals surface area contributed by atoms with Gasteiger partial charge in [-0.15, -0.1) is 0 Å². The number of ether oxygens (including phenoxy) is 1. The van der Waals surface area contributed by atoms with Crippen molar-refractivity contribution in [3.8, 4) is 0 Å². The number of para-hydroxylation sites is 1. The van der Waals surface area contributed by atoms with Crippen LogP contribution in [0.1, 0.15) is 18.1 Å². The summed E-state index contributed by atoms with van der Waals surface area (Å²) in [7, 11) is -3.57. The van der Waals surface area contributed by atoms with Crippen LogP contribution in [-0.2, 0) is 37.3 Å². The monoisotopic (exact) mass is 484 g/mol. The van der Waals surface area contributed by atoms with Crippen LogP contribution >= 0.6 is 0 Å². The van der Waals surface area contributed by atoms with Crippen LogP contribution in [0, 0.1) is 0 Å². The van der Waals surface area contributed by atoms with Gasteiger partial charge in [0, 0.05) is 50.1 Å². The smallest absolute Gasteiger partial charge is 0.243 e. The molecule has 3 aromatic rings. The van der Waals surface area contributed by atoms with Crippen LogP contribution in [0.3, 0.4) is 0 Å². The van der Waals surface area contributed by atoms with E-state index in [1.165, 1.54) is 11.2 Å². The molecule has 0 bridgehead atoms. The Labute approximate surface area is 198 Å². The third kappa shape index (κ3) is 5.46. The number of nitrogens with zero attached hydrogens (tertiary/aromatic N) is 1. The minimum atomic E-state index is -3.57. The molecule has 2 amide bonds. The van der Waals surface area contributed by atoms with Crippen molar-refractivity contribution in [1.82, 2.24) is 19.9 Å². The van der Waals surface area contributed by atoms with Gasteiger partial charge in [-0.1, -0.05) is 30.3 Å². The molecule has 2 aromatic carbocycles. The van der Waals surface area contributed by atoms with Crippen LogP contribution in [0.4, 0.5) is 0 Å². The molecular formula is C24H28N4O5S. The Morgan fingerprint density at radius 1 is 1.09 bits per heavy atom. The highest BCUT2D eigenvalue weighted by molar-refractivity contribution is 7.89. The van der Waals surface area contributed by atoms with Gasteiger partial charge in [-0.3, -0.25) is 9.59 Å². The Morgan fingerprint density at radius 3 is 2.50 bits per heavy atom. The first-order valence-electron chi connectivity index (χ1n) is 11.1. The van der Waals surface area contributed by atoms with Gasteiger partial charge in [0.25, 0.3) is 0 Å². The van der Waals surface area contributed by atoms with Crippen LogP contribution in [-0.4, -0.2) is 61.9 Å². The largest absolute Gasteiger partial charge is 0.379 e. The molecule has 1 fully saturated rings. The average Bonchev–Trinajstić information content (AvgIpc) is 3.25. The number of carbonyl (C=O) groups excluding carboxylic acids is 2. The number of rotatable bonds is 8. The summed E-state index contributed by atoms with van der Waals surface area (Å²) in [4.78, 5) is 28.0. The molecule has 3 N–H and O–H groups in total. The lowest BCUT2D eigenvalue weighted by Gasteiger charge is -2.26. The highest BCUT2D eigenvalue weighted by Crippen LogP contribution is 2.20. The van der Waals surface area contributed by atoms with Gasteiger partial charge in [0.1, 0.15) is 6.04 Å². The van der Waals surface area contributed by atoms with Gasteiger partial charge in [0.15, 0.2) is 0 Å². The summed E-state index contributed by atoms with van der Waals surface area (Å²) in [6.45, 7) is 3.03. The van der Waals surface area contributed by atoms with E-state index >= 15 is 0 Å². The Morgan fingerprint density at radius 2 is 1.79 bits per heavy atom. The van der Waals surface area contributed by atoms with Gasteiger partial charge in [-0.2, -0.15) is 4.31 Å². The molecule has 1 saturated heterocycles. The van der Waals surface area contributed by atoms with Crippen LogP contribution in [0.5, 0.6) is 0 Å². The third-order valence-corrected chi connectivity index (χ3v) is 7.70. The number of carbonyl (C=O) groups is 2. The van der Waals surface area contributed by atoms with Crippen molar-refractivity contribution in [2.24, 2.45) is 0 Å². The van der Waals surface area contributed by atoms with Crippen molar-refractivity contribution in [1.29, 1.82) is 0 Å². The van der Waals surface area contributed by atoms with Crippen LogP contribution in [0.25, 0.3) is 10.9 Å². The fraction of sp³-hybridized carbons (Fsp3) is 0.333. The van der Waals surface area contributed by atoms with Crippen molar-refractivity contribution < 1.29 is 22.7 Å². The topological polar surface area (TPSA) is 121 Å². The second-order valence-corrected chi connectivity index (χ2v) is 10.1. The molecule has 4 rings (SSSR count). The first-order chi connectivity index (χ1) is 16.3. The second-order valence-electron chi connectivity index (χ2n) is 8.19. The maximum atomic E-state index is 12.9. The summed E-state index contributed by atoms with van der Waals surface area (Å²) in [6, 6.07) is 13.5. The zero-order valence-electron chi connectivity index (χ0n) is 18.9. The normalized spacial score (nSPS) is 15.7. The number of hydrogen-bond donors (Lipinski definition) is 3. The molecule has 10 heteroatoms. The van der Waals surface area contributed by atoms with E-state index in [4.69, 9.17) is 4.74 Å². The zero-order chi connectivity index (χ0) is 24.1. The molecule has 1 aliphatic heterocycles. The van der Waals surface area contributed by atoms with Crippen LogP contribution < -0.4 is 10.6 Å². The number of aromatic nitrogens is 1. The lowest BCUT2D eigenvalue weighted by molar-refractivity contribution is -0.128. The van der Waals surface area contributed by atoms with E-state index in [1.54, 1.807) is 24.3 Å². The van der Waals surface area contributed by atoms with Crippen molar-refractivity contribution >= 4 is 32.7 Å². The molecule has 0 unspecified atom stereocenters. The minimum Gasteiger partial charge on any atom is -0.379 e. The van der Waals surface area contributed by atoms with Crippen LogP contribution in [0.2, 0.25) is 0 Å². The van der Waals surface area contributed by atoms with E-state index in [0.717, 1.165) is 22.0 Å². The van der Waals surface area contributed by atoms with E-state index in [0.29, 0.717) is 32.7 Å². The van der Waals surface area contributed by atoms with Gasteiger partial charge in [0.2, 0.25) is 21.8 Å². The number of nitrogens with one attached hydrogen (secondary N) is 3. The first-order valence-corrected chi connectivity index (χ1v) is 12.6. The summed E-state index contributed by atoms with van der Waals surface area (Å²) in [6.07, 6.45) is 2.19. The third-order valence-electron chi connectivity index (χ3n) is 5.79. The standard InChI is InChI=1S/C24H28N4O5S/c1-17(29)27-23(14-19-16-25-22-5-3-2-4-21(19)22)24(30)26-15-18-6-8-20(9-7-18)34(31,32)28-10-12-33-13-11-28/h2-9,16,23,25H,10-15H2,1H3,(H,26,30)(H,27,29)/t23-/m0/s1. The number of morpholine rings is 1. The van der Waals surface area contributed by atoms with Gasteiger partial charge >= 0.3 is 0 Å². The summed E-state index contributed by atoms with van der Waals surface area (Å²) >= 11 is 0. The molecule has 1 aliphatic rings. The molecule has 0 spiro atoms. The molecular weight excluding hydrogens is 456 g/mol. The first kappa shape index (κ1) is 23.9. The summed E-state index contributed by atoms with van der Waals surface area (Å²) in [5, 5.41) is 6.57. The van der Waals surface area contributed by atoms with E-state index < -0.39 is 16.1 Å². The van der Waals surface area contributed by atoms with Crippen LogP contribution in [0.15, 0.2) is 59.6 Å². The maximum Gasteiger partial charge on any atom is 0.243 e. The van der Waals surface area contributed by atoms with Crippen molar-refractivity contribution in [2.75, 3.05) is 26.3 Å². The number of H-pyrrole nitrogens is 1. The van der Waals surface area contributed by atoms with Crippen molar-refractivity contribution in [3.63, 3.8) is 0 Å². The fourth-order valence-electron chi connectivity index (χ4n) is 4.00. The summed E-state index contributed by atoms with van der Waals surface area (Å²) < 4.78 is 32.2. The van der Waals surface area contributed by atoms with E-state index in [1.807, 2.05) is 30.5 Å². The van der Waals surface area contributed by atoms with Gasteiger partial charge in [0.05, 0.1) is 18.1 Å². The molecule has 9 nitrogen and oxygen atoms in total. The maximum absolute atomic E-state index is 12.9. The van der Waals surface area contributed by atoms with E-state index in [-0.39, 0.29) is 23.3 Å². The predicted octanol–water partition coefficient (Wildman–Crippen LogP) is 1.55. The lowest BCUT2D eigenvalue weighted by atomic mass is 10.0. The van der Waals surface area contributed by atoms with Gasteiger partial charge < -0.3 is 20.4 Å². The van der Waals surface area contributed by atoms with Gasteiger partial charge in [-0.05, 0) is 29.3 Å². The molecule has 0 aliphatic carbocycles. The number of aromatic amines is 1. The average molecular weight is 485 g/mol. The summed E-state index contributed by atoms with van der Waals surface area (Å²) in [5.41, 5.74) is 2.65. The molecule has 1 aromatic heterocycles. The van der Waals surface area contributed by atoms with Gasteiger partial charge in [-0.25, -0.2) is 8.42 Å². The lowest BCUT2D eigenvalue weighted by Crippen LogP contribution is -2.47. The Bertz CT molecular complexity index is 1260. The number of amides is 2. The quantitative estimate of drug-likeness (QED) is 0.448. The molecule has 0 saturated carbocycles. The summed E-state index contributed by atoms with van der Waals surface area (Å²) in [5.74, 6) is -0.608. The number of sulfonamides is 1. The number of benzene rings is 2. The molecule has 0 radical (unpaired) electrons. The molecule has 34 heavy (non-hydrogen) atoms. The SMILES string of the molecule is CC(=O)N[C@@H](Cc1c[nH]c2ccccc12)C(=O)NCc1ccc(S(=O)(=O)N2CCOCC2)cc1. The van der Waals surface area contributed by atoms with Crippen molar-refractivity contribution in [3.05, 3.63) is 65.9 Å². The molecule has 1 atom stereocenters. The Hall–Kier alpha value is -3.21. The van der Waals surface area contributed by atoms with E-state index in [2.05, 4.69) is 15.6 Å². The zero-order valence-corrected chi connectivity index (χ0v) is 19.7. The second kappa shape index (κ2) is 10.4. The Balaban J connectivity index is 1.40. The number of hydrogen-bond acceptors (Lipinski definition) is 5. The van der Waals surface area contributed by atoms with Crippen molar-refractivity contribution in [2.45, 2.75) is 30.8 Å². The highest BCUT2D eigenvalue weighted by atomic mass is 32.2.